The van der Waals surface area contributed by atoms with E-state index in [-0.39, 0.29) is 0 Å². The molecule has 0 bridgehead atoms. The zero-order chi connectivity index (χ0) is 12.1. The highest BCUT2D eigenvalue weighted by atomic mass is 35.5. The molecule has 0 amide bonds. The van der Waals surface area contributed by atoms with E-state index in [1.165, 1.54) is 5.56 Å². The van der Waals surface area contributed by atoms with E-state index in [0.29, 0.717) is 5.88 Å². The van der Waals surface area contributed by atoms with Crippen LogP contribution in [0.1, 0.15) is 17.0 Å². The normalized spacial score (nSPS) is 10.5. The lowest BCUT2D eigenvalue weighted by molar-refractivity contribution is 0.929. The smallest absolute Gasteiger partial charge is 0.210 e. The van der Waals surface area contributed by atoms with Gasteiger partial charge in [-0.25, -0.2) is 0 Å². The van der Waals surface area contributed by atoms with E-state index in [0.717, 1.165) is 28.7 Å². The first-order valence-electron chi connectivity index (χ1n) is 5.50. The summed E-state index contributed by atoms with van der Waals surface area (Å²) in [6.07, 6.45) is 2.01. The van der Waals surface area contributed by atoms with Crippen LogP contribution in [-0.2, 0) is 6.42 Å². The number of anilines is 2. The second-order valence-corrected chi connectivity index (χ2v) is 5.30. The molecule has 0 fully saturated rings. The molecular weight excluding hydrogens is 254 g/mol. The molecule has 5 heteroatoms. The fourth-order valence-electron chi connectivity index (χ4n) is 1.55. The van der Waals surface area contributed by atoms with Crippen molar-refractivity contribution in [3.63, 3.8) is 0 Å². The fraction of sp³-hybridized carbons (Fsp3) is 0.333. The van der Waals surface area contributed by atoms with E-state index in [4.69, 9.17) is 11.6 Å². The Balaban J connectivity index is 2.05. The number of benzene rings is 1. The third-order valence-corrected chi connectivity index (χ3v) is 3.32. The average molecular weight is 268 g/mol. The summed E-state index contributed by atoms with van der Waals surface area (Å²) in [5, 5.41) is 13.1. The first-order chi connectivity index (χ1) is 8.28. The van der Waals surface area contributed by atoms with Crippen LogP contribution < -0.4 is 5.32 Å². The maximum Gasteiger partial charge on any atom is 0.210 e. The van der Waals surface area contributed by atoms with Gasteiger partial charge in [0, 0.05) is 11.6 Å². The molecule has 0 radical (unpaired) electrons. The number of halogens is 1. The standard InChI is InChI=1S/C12H14ClN3S/c1-9-15-16-12(17-9)14-11-6-2-4-10(8-11)5-3-7-13/h2,4,6,8H,3,5,7H2,1H3,(H,14,16). The van der Waals surface area contributed by atoms with Crippen LogP contribution in [0.5, 0.6) is 0 Å². The van der Waals surface area contributed by atoms with Crippen LogP contribution in [0.2, 0.25) is 0 Å². The third-order valence-electron chi connectivity index (χ3n) is 2.30. The van der Waals surface area contributed by atoms with Crippen molar-refractivity contribution in [3.8, 4) is 0 Å². The quantitative estimate of drug-likeness (QED) is 0.838. The summed E-state index contributed by atoms with van der Waals surface area (Å²) in [4.78, 5) is 0. The minimum absolute atomic E-state index is 0.702. The van der Waals surface area contributed by atoms with E-state index in [2.05, 4.69) is 27.6 Å². The van der Waals surface area contributed by atoms with Crippen LogP contribution in [0.25, 0.3) is 0 Å². The van der Waals surface area contributed by atoms with Gasteiger partial charge in [0.05, 0.1) is 0 Å². The average Bonchev–Trinajstić information content (AvgIpc) is 2.73. The van der Waals surface area contributed by atoms with Crippen LogP contribution in [0.3, 0.4) is 0 Å². The molecular formula is C12H14ClN3S. The van der Waals surface area contributed by atoms with Crippen molar-refractivity contribution in [2.24, 2.45) is 0 Å². The number of alkyl halides is 1. The summed E-state index contributed by atoms with van der Waals surface area (Å²) in [6, 6.07) is 8.31. The highest BCUT2D eigenvalue weighted by molar-refractivity contribution is 7.15. The molecule has 0 spiro atoms. The van der Waals surface area contributed by atoms with Gasteiger partial charge < -0.3 is 5.32 Å². The van der Waals surface area contributed by atoms with Gasteiger partial charge in [0.2, 0.25) is 5.13 Å². The topological polar surface area (TPSA) is 37.8 Å². The lowest BCUT2D eigenvalue weighted by Crippen LogP contribution is -1.92. The number of nitrogens with one attached hydrogen (secondary N) is 1. The molecule has 0 atom stereocenters. The number of rotatable bonds is 5. The number of aromatic nitrogens is 2. The van der Waals surface area contributed by atoms with E-state index in [1.807, 2.05) is 19.1 Å². The monoisotopic (exact) mass is 267 g/mol. The van der Waals surface area contributed by atoms with Gasteiger partial charge in [-0.3, -0.25) is 0 Å². The summed E-state index contributed by atoms with van der Waals surface area (Å²) >= 11 is 7.24. The van der Waals surface area contributed by atoms with Gasteiger partial charge in [0.1, 0.15) is 5.01 Å². The SMILES string of the molecule is Cc1nnc(Nc2cccc(CCCCl)c2)s1. The van der Waals surface area contributed by atoms with Gasteiger partial charge in [0.15, 0.2) is 0 Å². The van der Waals surface area contributed by atoms with E-state index in [1.54, 1.807) is 11.3 Å². The minimum atomic E-state index is 0.702. The Morgan fingerprint density at radius 3 is 2.94 bits per heavy atom. The van der Waals surface area contributed by atoms with Crippen molar-refractivity contribution in [1.29, 1.82) is 0 Å². The molecule has 90 valence electrons. The Hall–Kier alpha value is -1.13. The molecule has 2 rings (SSSR count). The first-order valence-corrected chi connectivity index (χ1v) is 6.85. The van der Waals surface area contributed by atoms with Crippen LogP contribution in [-0.4, -0.2) is 16.1 Å². The molecule has 1 aromatic carbocycles. The molecule has 1 aromatic heterocycles. The van der Waals surface area contributed by atoms with Crippen LogP contribution in [0.15, 0.2) is 24.3 Å². The Labute approximate surface area is 110 Å². The van der Waals surface area contributed by atoms with Crippen LogP contribution >= 0.6 is 22.9 Å². The number of aryl methyl sites for hydroxylation is 2. The van der Waals surface area contributed by atoms with Crippen LogP contribution in [0.4, 0.5) is 10.8 Å². The maximum atomic E-state index is 5.69. The van der Waals surface area contributed by atoms with Gasteiger partial charge in [-0.2, -0.15) is 0 Å². The summed E-state index contributed by atoms with van der Waals surface area (Å²) in [5.74, 6) is 0.702. The van der Waals surface area contributed by atoms with Gasteiger partial charge >= 0.3 is 0 Å². The zero-order valence-corrected chi connectivity index (χ0v) is 11.2. The van der Waals surface area contributed by atoms with Crippen molar-refractivity contribution < 1.29 is 0 Å². The second-order valence-electron chi connectivity index (χ2n) is 3.74. The summed E-state index contributed by atoms with van der Waals surface area (Å²) in [7, 11) is 0. The first kappa shape index (κ1) is 12.3. The van der Waals surface area contributed by atoms with E-state index >= 15 is 0 Å². The van der Waals surface area contributed by atoms with Gasteiger partial charge in [-0.15, -0.1) is 21.8 Å². The molecule has 1 N–H and O–H groups in total. The molecule has 0 saturated heterocycles. The molecule has 0 saturated carbocycles. The predicted molar refractivity (Wildman–Crippen MR) is 73.4 cm³/mol. The third kappa shape index (κ3) is 3.68. The van der Waals surface area contributed by atoms with Gasteiger partial charge in [-0.05, 0) is 37.5 Å². The van der Waals surface area contributed by atoms with E-state index in [9.17, 15) is 0 Å². The molecule has 0 aliphatic rings. The Bertz CT molecular complexity index is 484. The fourth-order valence-corrected chi connectivity index (χ4v) is 2.29. The van der Waals surface area contributed by atoms with Gasteiger partial charge in [0.25, 0.3) is 0 Å². The van der Waals surface area contributed by atoms with Crippen molar-refractivity contribution in [2.75, 3.05) is 11.2 Å². The summed E-state index contributed by atoms with van der Waals surface area (Å²) in [6.45, 7) is 1.94. The summed E-state index contributed by atoms with van der Waals surface area (Å²) in [5.41, 5.74) is 2.34. The molecule has 2 aromatic rings. The molecule has 0 aliphatic carbocycles. The largest absolute Gasteiger partial charge is 0.330 e. The lowest BCUT2D eigenvalue weighted by Gasteiger charge is -2.04. The Morgan fingerprint density at radius 2 is 2.24 bits per heavy atom. The molecule has 0 unspecified atom stereocenters. The van der Waals surface area contributed by atoms with E-state index < -0.39 is 0 Å². The highest BCUT2D eigenvalue weighted by Gasteiger charge is 2.01. The number of nitrogens with zero attached hydrogens (tertiary/aromatic N) is 2. The van der Waals surface area contributed by atoms with Crippen molar-refractivity contribution in [2.45, 2.75) is 19.8 Å². The molecule has 17 heavy (non-hydrogen) atoms. The molecule has 1 heterocycles. The Morgan fingerprint density at radius 1 is 1.35 bits per heavy atom. The molecule has 3 nitrogen and oxygen atoms in total. The van der Waals surface area contributed by atoms with Crippen molar-refractivity contribution >= 4 is 33.8 Å². The summed E-state index contributed by atoms with van der Waals surface area (Å²) < 4.78 is 0. The van der Waals surface area contributed by atoms with Crippen molar-refractivity contribution in [1.82, 2.24) is 10.2 Å². The maximum absolute atomic E-state index is 5.69. The molecule has 0 aliphatic heterocycles. The lowest BCUT2D eigenvalue weighted by atomic mass is 10.1. The van der Waals surface area contributed by atoms with Crippen molar-refractivity contribution in [3.05, 3.63) is 34.8 Å². The zero-order valence-electron chi connectivity index (χ0n) is 9.61. The Kier molecular flexibility index (Phi) is 4.34. The van der Waals surface area contributed by atoms with Gasteiger partial charge in [-0.1, -0.05) is 23.5 Å². The minimum Gasteiger partial charge on any atom is -0.330 e. The van der Waals surface area contributed by atoms with Crippen LogP contribution in [0, 0.1) is 6.92 Å². The predicted octanol–water partition coefficient (Wildman–Crippen LogP) is 3.76. The number of hydrogen-bond acceptors (Lipinski definition) is 4. The number of hydrogen-bond donors (Lipinski definition) is 1. The second kappa shape index (κ2) is 5.98. The highest BCUT2D eigenvalue weighted by Crippen LogP contribution is 2.21.